The van der Waals surface area contributed by atoms with Gasteiger partial charge in [0.15, 0.2) is 6.04 Å². The van der Waals surface area contributed by atoms with Crippen LogP contribution in [0.4, 0.5) is 0 Å². The van der Waals surface area contributed by atoms with Gasteiger partial charge in [-0.05, 0) is 18.4 Å². The summed E-state index contributed by atoms with van der Waals surface area (Å²) in [6.45, 7) is 1.75. The van der Waals surface area contributed by atoms with Crippen molar-refractivity contribution < 1.29 is 14.7 Å². The first-order chi connectivity index (χ1) is 9.00. The molecule has 2 rings (SSSR count). The predicted molar refractivity (Wildman–Crippen MR) is 70.1 cm³/mol. The van der Waals surface area contributed by atoms with Gasteiger partial charge in [0, 0.05) is 17.6 Å². The summed E-state index contributed by atoms with van der Waals surface area (Å²) >= 11 is 1.29. The molecule has 19 heavy (non-hydrogen) atoms. The number of rotatable bonds is 4. The average Bonchev–Trinajstić information content (AvgIpc) is 2.98. The van der Waals surface area contributed by atoms with Crippen molar-refractivity contribution in [2.75, 3.05) is 0 Å². The van der Waals surface area contributed by atoms with Crippen LogP contribution in [0.5, 0.6) is 0 Å². The molecule has 0 aliphatic rings. The van der Waals surface area contributed by atoms with E-state index in [0.717, 1.165) is 0 Å². The van der Waals surface area contributed by atoms with Crippen LogP contribution in [-0.2, 0) is 11.8 Å². The van der Waals surface area contributed by atoms with Crippen molar-refractivity contribution in [2.45, 2.75) is 13.0 Å². The first kappa shape index (κ1) is 13.3. The number of aliphatic carboxylic acids is 1. The van der Waals surface area contributed by atoms with Gasteiger partial charge in [0.2, 0.25) is 0 Å². The van der Waals surface area contributed by atoms with Crippen LogP contribution in [0.3, 0.4) is 0 Å². The summed E-state index contributed by atoms with van der Waals surface area (Å²) in [7, 11) is 1.72. The van der Waals surface area contributed by atoms with Crippen molar-refractivity contribution in [1.29, 1.82) is 0 Å². The van der Waals surface area contributed by atoms with Gasteiger partial charge in [-0.3, -0.25) is 9.48 Å². The average molecular weight is 279 g/mol. The number of amides is 1. The fourth-order valence-electron chi connectivity index (χ4n) is 1.64. The minimum absolute atomic E-state index is 0.380. The maximum atomic E-state index is 12.1. The van der Waals surface area contributed by atoms with Crippen LogP contribution in [0.25, 0.3) is 0 Å². The number of thiophene rings is 1. The molecule has 2 aromatic heterocycles. The fraction of sp³-hybridized carbons (Fsp3) is 0.250. The number of hydrogen-bond acceptors (Lipinski definition) is 4. The van der Waals surface area contributed by atoms with Crippen molar-refractivity contribution in [3.8, 4) is 0 Å². The topological polar surface area (TPSA) is 84.2 Å². The molecule has 6 nitrogen and oxygen atoms in total. The number of carbonyl (C=O) groups is 2. The second-order valence-electron chi connectivity index (χ2n) is 4.03. The highest BCUT2D eigenvalue weighted by Gasteiger charge is 2.24. The summed E-state index contributed by atoms with van der Waals surface area (Å²) in [5.41, 5.74) is 1.07. The van der Waals surface area contributed by atoms with E-state index >= 15 is 0 Å². The van der Waals surface area contributed by atoms with Crippen LogP contribution in [0.1, 0.15) is 27.0 Å². The van der Waals surface area contributed by atoms with E-state index in [4.69, 9.17) is 0 Å². The molecular weight excluding hydrogens is 266 g/mol. The Kier molecular flexibility index (Phi) is 3.66. The van der Waals surface area contributed by atoms with E-state index < -0.39 is 17.9 Å². The van der Waals surface area contributed by atoms with E-state index in [1.165, 1.54) is 17.5 Å². The summed E-state index contributed by atoms with van der Waals surface area (Å²) < 4.78 is 1.57. The van der Waals surface area contributed by atoms with Gasteiger partial charge >= 0.3 is 5.97 Å². The SMILES string of the molecule is Cc1c(C(=O)NC(C(=O)O)c2cccs2)cnn1C. The third-order valence-corrected chi connectivity index (χ3v) is 3.77. The van der Waals surface area contributed by atoms with Gasteiger partial charge in [0.1, 0.15) is 0 Å². The van der Waals surface area contributed by atoms with Crippen LogP contribution >= 0.6 is 11.3 Å². The second kappa shape index (κ2) is 5.23. The van der Waals surface area contributed by atoms with Gasteiger partial charge in [0.25, 0.3) is 5.91 Å². The Morgan fingerprint density at radius 3 is 2.74 bits per heavy atom. The lowest BCUT2D eigenvalue weighted by atomic mass is 10.2. The van der Waals surface area contributed by atoms with Gasteiger partial charge < -0.3 is 10.4 Å². The van der Waals surface area contributed by atoms with Crippen LogP contribution < -0.4 is 5.32 Å². The molecular formula is C12H13N3O3S. The van der Waals surface area contributed by atoms with Crippen molar-refractivity contribution in [2.24, 2.45) is 7.05 Å². The maximum absolute atomic E-state index is 12.1. The van der Waals surface area contributed by atoms with Crippen LogP contribution in [-0.4, -0.2) is 26.8 Å². The number of nitrogens with zero attached hydrogens (tertiary/aromatic N) is 2. The minimum Gasteiger partial charge on any atom is -0.479 e. The number of carbonyl (C=O) groups excluding carboxylic acids is 1. The van der Waals surface area contributed by atoms with E-state index in [9.17, 15) is 14.7 Å². The molecule has 0 aliphatic carbocycles. The van der Waals surface area contributed by atoms with Gasteiger partial charge in [-0.25, -0.2) is 4.79 Å². The molecule has 2 heterocycles. The van der Waals surface area contributed by atoms with E-state index in [2.05, 4.69) is 10.4 Å². The molecule has 0 saturated carbocycles. The van der Waals surface area contributed by atoms with Crippen LogP contribution in [0, 0.1) is 6.92 Å². The predicted octanol–water partition coefficient (Wildman–Crippen LogP) is 1.35. The molecule has 0 saturated heterocycles. The summed E-state index contributed by atoms with van der Waals surface area (Å²) in [5, 5.41) is 17.4. The summed E-state index contributed by atoms with van der Waals surface area (Å²) in [4.78, 5) is 23.9. The van der Waals surface area contributed by atoms with Crippen molar-refractivity contribution >= 4 is 23.2 Å². The molecule has 1 atom stereocenters. The van der Waals surface area contributed by atoms with E-state index in [-0.39, 0.29) is 0 Å². The molecule has 7 heteroatoms. The Balaban J connectivity index is 2.21. The Morgan fingerprint density at radius 1 is 1.53 bits per heavy atom. The molecule has 1 amide bonds. The standard InChI is InChI=1S/C12H13N3O3S/c1-7-8(6-13-15(7)2)11(16)14-10(12(17)18)9-4-3-5-19-9/h3-6,10H,1-2H3,(H,14,16)(H,17,18). The highest BCUT2D eigenvalue weighted by Crippen LogP contribution is 2.20. The molecule has 0 fully saturated rings. The van der Waals surface area contributed by atoms with Crippen molar-refractivity contribution in [1.82, 2.24) is 15.1 Å². The summed E-state index contributed by atoms with van der Waals surface area (Å²) in [6, 6.07) is 2.39. The van der Waals surface area contributed by atoms with E-state index in [1.54, 1.807) is 36.2 Å². The number of carboxylic acid groups (broad SMARTS) is 1. The summed E-state index contributed by atoms with van der Waals surface area (Å²) in [6.07, 6.45) is 1.43. The lowest BCUT2D eigenvalue weighted by Crippen LogP contribution is -2.33. The number of carboxylic acids is 1. The quantitative estimate of drug-likeness (QED) is 0.884. The Labute approximate surface area is 113 Å². The summed E-state index contributed by atoms with van der Waals surface area (Å²) in [5.74, 6) is -1.52. The van der Waals surface area contributed by atoms with Gasteiger partial charge in [-0.15, -0.1) is 11.3 Å². The molecule has 100 valence electrons. The van der Waals surface area contributed by atoms with Crippen LogP contribution in [0.2, 0.25) is 0 Å². The molecule has 0 bridgehead atoms. The number of hydrogen-bond donors (Lipinski definition) is 2. The largest absolute Gasteiger partial charge is 0.479 e. The molecule has 0 aromatic carbocycles. The van der Waals surface area contributed by atoms with E-state index in [1.807, 2.05) is 0 Å². The Hall–Kier alpha value is -2.15. The van der Waals surface area contributed by atoms with E-state index in [0.29, 0.717) is 16.1 Å². The van der Waals surface area contributed by atoms with Crippen molar-refractivity contribution in [3.63, 3.8) is 0 Å². The zero-order valence-electron chi connectivity index (χ0n) is 10.5. The first-order valence-corrected chi connectivity index (χ1v) is 6.44. The highest BCUT2D eigenvalue weighted by molar-refractivity contribution is 7.10. The highest BCUT2D eigenvalue weighted by atomic mass is 32.1. The minimum atomic E-state index is -1.09. The molecule has 0 spiro atoms. The number of aromatic nitrogens is 2. The lowest BCUT2D eigenvalue weighted by Gasteiger charge is -2.12. The van der Waals surface area contributed by atoms with Crippen molar-refractivity contribution in [3.05, 3.63) is 39.8 Å². The van der Waals surface area contributed by atoms with Gasteiger partial charge in [-0.2, -0.15) is 5.10 Å². The zero-order chi connectivity index (χ0) is 14.0. The molecule has 2 N–H and O–H groups in total. The monoisotopic (exact) mass is 279 g/mol. The maximum Gasteiger partial charge on any atom is 0.331 e. The first-order valence-electron chi connectivity index (χ1n) is 5.56. The lowest BCUT2D eigenvalue weighted by molar-refractivity contribution is -0.139. The Bertz CT molecular complexity index is 604. The number of nitrogens with one attached hydrogen (secondary N) is 1. The third-order valence-electron chi connectivity index (χ3n) is 2.83. The van der Waals surface area contributed by atoms with Gasteiger partial charge in [0.05, 0.1) is 11.8 Å². The Morgan fingerprint density at radius 2 is 2.26 bits per heavy atom. The van der Waals surface area contributed by atoms with Crippen LogP contribution in [0.15, 0.2) is 23.7 Å². The molecule has 0 aliphatic heterocycles. The molecule has 0 radical (unpaired) electrons. The third kappa shape index (κ3) is 2.65. The molecule has 1 unspecified atom stereocenters. The fourth-order valence-corrected chi connectivity index (χ4v) is 2.41. The number of aryl methyl sites for hydroxylation is 1. The smallest absolute Gasteiger partial charge is 0.331 e. The second-order valence-corrected chi connectivity index (χ2v) is 5.01. The zero-order valence-corrected chi connectivity index (χ0v) is 11.3. The van der Waals surface area contributed by atoms with Gasteiger partial charge in [-0.1, -0.05) is 6.07 Å². The normalized spacial score (nSPS) is 12.1. The molecule has 2 aromatic rings.